The van der Waals surface area contributed by atoms with E-state index in [1.54, 1.807) is 23.9 Å². The maximum absolute atomic E-state index is 13.3. The third kappa shape index (κ3) is 4.25. The molecule has 1 heterocycles. The molecule has 0 radical (unpaired) electrons. The molecular weight excluding hydrogens is 450 g/mol. The number of aromatic nitrogens is 2. The topological polar surface area (TPSA) is 57.8 Å². The number of carbonyl (C=O) groups excluding carboxylic acids is 1. The molecule has 0 unspecified atom stereocenters. The third-order valence-electron chi connectivity index (χ3n) is 5.51. The molecule has 0 aliphatic carbocycles. The number of anilines is 1. The number of hydrogen-bond acceptors (Lipinski definition) is 3. The van der Waals surface area contributed by atoms with Crippen molar-refractivity contribution in [3.8, 4) is 22.4 Å². The largest absolute Gasteiger partial charge is 0.322 e. The number of nitrogens with one attached hydrogen (secondary N) is 2. The van der Waals surface area contributed by atoms with Crippen LogP contribution in [0.2, 0.25) is 5.02 Å². The van der Waals surface area contributed by atoms with Gasteiger partial charge >= 0.3 is 0 Å². The Balaban J connectivity index is 1.51. The van der Waals surface area contributed by atoms with E-state index in [-0.39, 0.29) is 5.91 Å². The van der Waals surface area contributed by atoms with Crippen LogP contribution in [0.1, 0.15) is 10.4 Å². The van der Waals surface area contributed by atoms with Crippen LogP contribution >= 0.6 is 23.4 Å². The number of hydrogen-bond donors (Lipinski definition) is 2. The molecule has 4 nitrogen and oxygen atoms in total. The van der Waals surface area contributed by atoms with Crippen LogP contribution < -0.4 is 5.32 Å². The van der Waals surface area contributed by atoms with Crippen LogP contribution in [-0.4, -0.2) is 22.4 Å². The Morgan fingerprint density at radius 2 is 1.70 bits per heavy atom. The maximum atomic E-state index is 13.3. The van der Waals surface area contributed by atoms with Gasteiger partial charge in [-0.15, -0.1) is 11.8 Å². The summed E-state index contributed by atoms with van der Waals surface area (Å²) >= 11 is 8.16. The van der Waals surface area contributed by atoms with E-state index in [9.17, 15) is 4.79 Å². The fourth-order valence-corrected chi connectivity index (χ4v) is 4.50. The van der Waals surface area contributed by atoms with Gasteiger partial charge in [-0.3, -0.25) is 9.89 Å². The van der Waals surface area contributed by atoms with E-state index >= 15 is 0 Å². The lowest BCUT2D eigenvalue weighted by Gasteiger charge is -2.13. The van der Waals surface area contributed by atoms with Gasteiger partial charge in [0.2, 0.25) is 0 Å². The van der Waals surface area contributed by atoms with E-state index in [4.69, 9.17) is 11.6 Å². The second-order valence-corrected chi connectivity index (χ2v) is 8.83. The lowest BCUT2D eigenvalue weighted by Crippen LogP contribution is -2.13. The van der Waals surface area contributed by atoms with Crippen LogP contribution in [-0.2, 0) is 0 Å². The number of carbonyl (C=O) groups is 1. The molecule has 162 valence electrons. The molecule has 6 heteroatoms. The molecule has 0 saturated carbocycles. The van der Waals surface area contributed by atoms with E-state index < -0.39 is 0 Å². The minimum absolute atomic E-state index is 0.179. The zero-order valence-electron chi connectivity index (χ0n) is 17.8. The van der Waals surface area contributed by atoms with Crippen LogP contribution in [0.5, 0.6) is 0 Å². The van der Waals surface area contributed by atoms with Crippen LogP contribution in [0.25, 0.3) is 33.3 Å². The van der Waals surface area contributed by atoms with Crippen LogP contribution in [0.3, 0.4) is 0 Å². The van der Waals surface area contributed by atoms with Crippen molar-refractivity contribution in [2.75, 3.05) is 11.6 Å². The van der Waals surface area contributed by atoms with Gasteiger partial charge in [-0.1, -0.05) is 60.1 Å². The summed E-state index contributed by atoms with van der Waals surface area (Å²) < 4.78 is 0. The summed E-state index contributed by atoms with van der Waals surface area (Å²) in [5.74, 6) is -0.179. The van der Waals surface area contributed by atoms with Gasteiger partial charge in [0.05, 0.1) is 10.5 Å². The number of benzene rings is 4. The zero-order chi connectivity index (χ0) is 22.8. The Hall–Kier alpha value is -3.54. The predicted molar refractivity (Wildman–Crippen MR) is 138 cm³/mol. The Bertz CT molecular complexity index is 1460. The van der Waals surface area contributed by atoms with E-state index in [0.29, 0.717) is 16.3 Å². The van der Waals surface area contributed by atoms with Gasteiger partial charge in [0.1, 0.15) is 5.69 Å². The molecule has 2 N–H and O–H groups in total. The molecule has 0 aliphatic heterocycles. The first kappa shape index (κ1) is 21.3. The second-order valence-electron chi connectivity index (χ2n) is 7.54. The van der Waals surface area contributed by atoms with Gasteiger partial charge in [-0.05, 0) is 59.8 Å². The van der Waals surface area contributed by atoms with Gasteiger partial charge in [0.15, 0.2) is 0 Å². The Morgan fingerprint density at radius 3 is 2.52 bits per heavy atom. The fraction of sp³-hybridized carbons (Fsp3) is 0.0370. The van der Waals surface area contributed by atoms with E-state index in [1.165, 1.54) is 0 Å². The number of rotatable bonds is 5. The third-order valence-corrected chi connectivity index (χ3v) is 6.56. The van der Waals surface area contributed by atoms with E-state index in [0.717, 1.165) is 38.2 Å². The van der Waals surface area contributed by atoms with Gasteiger partial charge in [0, 0.05) is 27.1 Å². The minimum Gasteiger partial charge on any atom is -0.322 e. The van der Waals surface area contributed by atoms with Gasteiger partial charge < -0.3 is 5.32 Å². The van der Waals surface area contributed by atoms with Crippen molar-refractivity contribution in [1.82, 2.24) is 10.2 Å². The highest BCUT2D eigenvalue weighted by Gasteiger charge is 2.16. The fourth-order valence-electron chi connectivity index (χ4n) is 3.86. The normalized spacial score (nSPS) is 11.0. The zero-order valence-corrected chi connectivity index (χ0v) is 19.4. The number of thioether (sulfide) groups is 1. The lowest BCUT2D eigenvalue weighted by molar-refractivity contribution is 0.102. The number of amides is 1. The SMILES string of the molecule is CSc1ccc(C(=O)Nc2ccc(Cl)c(-c3n[nH]c4ccccc34)c2)c(-c2ccccc2)c1. The molecule has 0 spiro atoms. The highest BCUT2D eigenvalue weighted by Crippen LogP contribution is 2.34. The molecule has 0 aliphatic rings. The smallest absolute Gasteiger partial charge is 0.256 e. The summed E-state index contributed by atoms with van der Waals surface area (Å²) in [6, 6.07) is 29.2. The molecule has 0 bridgehead atoms. The average Bonchev–Trinajstić information content (AvgIpc) is 3.29. The summed E-state index contributed by atoms with van der Waals surface area (Å²) in [7, 11) is 0. The average molecular weight is 470 g/mol. The first-order valence-corrected chi connectivity index (χ1v) is 12.0. The molecule has 0 saturated heterocycles. The van der Waals surface area contributed by atoms with Gasteiger partial charge in [0.25, 0.3) is 5.91 Å². The van der Waals surface area contributed by atoms with E-state index in [2.05, 4.69) is 21.6 Å². The molecule has 33 heavy (non-hydrogen) atoms. The Labute approximate surface area is 201 Å². The maximum Gasteiger partial charge on any atom is 0.256 e. The van der Waals surface area contributed by atoms with Crippen molar-refractivity contribution in [3.63, 3.8) is 0 Å². The highest BCUT2D eigenvalue weighted by molar-refractivity contribution is 7.98. The summed E-state index contributed by atoms with van der Waals surface area (Å²) in [4.78, 5) is 14.4. The molecule has 5 aromatic rings. The van der Waals surface area contributed by atoms with Crippen LogP contribution in [0, 0.1) is 0 Å². The van der Waals surface area contributed by atoms with Crippen molar-refractivity contribution in [3.05, 3.63) is 102 Å². The quantitative estimate of drug-likeness (QED) is 0.261. The molecule has 4 aromatic carbocycles. The number of nitrogens with zero attached hydrogens (tertiary/aromatic N) is 1. The van der Waals surface area contributed by atoms with Gasteiger partial charge in [-0.2, -0.15) is 5.10 Å². The predicted octanol–water partition coefficient (Wildman–Crippen LogP) is 7.52. The minimum atomic E-state index is -0.179. The van der Waals surface area contributed by atoms with Crippen LogP contribution in [0.4, 0.5) is 5.69 Å². The van der Waals surface area contributed by atoms with E-state index in [1.807, 2.05) is 79.1 Å². The summed E-state index contributed by atoms with van der Waals surface area (Å²) in [5, 5.41) is 12.1. The number of fused-ring (bicyclic) bond motifs is 1. The molecule has 0 atom stereocenters. The van der Waals surface area contributed by atoms with Crippen LogP contribution in [0.15, 0.2) is 95.9 Å². The Morgan fingerprint density at radius 1 is 0.909 bits per heavy atom. The monoisotopic (exact) mass is 469 g/mol. The van der Waals surface area contributed by atoms with Crippen molar-refractivity contribution in [2.45, 2.75) is 4.90 Å². The molecular formula is C27H20ClN3OS. The summed E-state index contributed by atoms with van der Waals surface area (Å²) in [6.07, 6.45) is 2.03. The first-order valence-electron chi connectivity index (χ1n) is 10.4. The van der Waals surface area contributed by atoms with Crippen molar-refractivity contribution < 1.29 is 4.79 Å². The number of para-hydroxylation sites is 1. The van der Waals surface area contributed by atoms with Crippen molar-refractivity contribution in [1.29, 1.82) is 0 Å². The number of halogens is 1. The van der Waals surface area contributed by atoms with Crippen molar-refractivity contribution in [2.24, 2.45) is 0 Å². The lowest BCUT2D eigenvalue weighted by atomic mass is 9.99. The highest BCUT2D eigenvalue weighted by atomic mass is 35.5. The Kier molecular flexibility index (Phi) is 5.90. The summed E-state index contributed by atoms with van der Waals surface area (Å²) in [6.45, 7) is 0. The number of aromatic amines is 1. The summed E-state index contributed by atoms with van der Waals surface area (Å²) in [5.41, 5.74) is 5.60. The van der Waals surface area contributed by atoms with Gasteiger partial charge in [-0.25, -0.2) is 0 Å². The molecule has 1 aromatic heterocycles. The first-order chi connectivity index (χ1) is 16.1. The van der Waals surface area contributed by atoms with Crippen molar-refractivity contribution >= 4 is 45.9 Å². The number of H-pyrrole nitrogens is 1. The molecule has 0 fully saturated rings. The molecule has 5 rings (SSSR count). The molecule has 1 amide bonds. The standard InChI is InChI=1S/C27H20ClN3OS/c1-33-19-12-13-20(22(16-19)17-7-3-2-4-8-17)27(32)29-18-11-14-24(28)23(15-18)26-21-9-5-6-10-25(21)30-31-26/h2-16H,1H3,(H,29,32)(H,30,31). The second kappa shape index (κ2) is 9.14.